The number of hydrogen-bond donors (Lipinski definition) is 1. The molecule has 2 amide bonds. The predicted octanol–water partition coefficient (Wildman–Crippen LogP) is 2.87. The van der Waals surface area contributed by atoms with Crippen molar-refractivity contribution >= 4 is 12.0 Å². The molecule has 0 aromatic carbocycles. The fraction of sp³-hybridized carbons (Fsp3) is 0.900. The van der Waals surface area contributed by atoms with Gasteiger partial charge in [-0.25, -0.2) is 4.79 Å². The summed E-state index contributed by atoms with van der Waals surface area (Å²) in [6.07, 6.45) is 3.19. The molecule has 0 bridgehead atoms. The van der Waals surface area contributed by atoms with Crippen LogP contribution in [-0.2, 0) is 9.53 Å². The van der Waals surface area contributed by atoms with Crippen LogP contribution >= 0.6 is 0 Å². The molecular weight excluding hydrogens is 330 g/mol. The van der Waals surface area contributed by atoms with Crippen LogP contribution in [0.5, 0.6) is 0 Å². The molecular formula is C20H37N3O3. The molecule has 0 aromatic heterocycles. The molecule has 1 atom stereocenters. The quantitative estimate of drug-likeness (QED) is 0.830. The van der Waals surface area contributed by atoms with Gasteiger partial charge in [-0.1, -0.05) is 13.8 Å². The number of nitrogens with zero attached hydrogens (tertiary/aromatic N) is 2. The lowest BCUT2D eigenvalue weighted by molar-refractivity contribution is -0.136. The van der Waals surface area contributed by atoms with Crippen molar-refractivity contribution in [1.29, 1.82) is 0 Å². The van der Waals surface area contributed by atoms with Crippen LogP contribution in [-0.4, -0.2) is 66.2 Å². The first-order chi connectivity index (χ1) is 12.2. The third-order valence-corrected chi connectivity index (χ3v) is 5.14. The normalized spacial score (nSPS) is 22.6. The topological polar surface area (TPSA) is 61.9 Å². The van der Waals surface area contributed by atoms with Crippen molar-refractivity contribution in [3.8, 4) is 0 Å². The lowest BCUT2D eigenvalue weighted by Gasteiger charge is -2.39. The van der Waals surface area contributed by atoms with Gasteiger partial charge in [0, 0.05) is 45.2 Å². The number of hydrogen-bond acceptors (Lipinski definition) is 4. The van der Waals surface area contributed by atoms with E-state index in [1.54, 1.807) is 4.90 Å². The van der Waals surface area contributed by atoms with E-state index in [0.717, 1.165) is 38.9 Å². The number of nitrogens with one attached hydrogen (secondary N) is 1. The molecule has 1 unspecified atom stereocenters. The van der Waals surface area contributed by atoms with E-state index in [9.17, 15) is 9.59 Å². The molecule has 6 nitrogen and oxygen atoms in total. The molecule has 0 radical (unpaired) electrons. The average molecular weight is 368 g/mol. The van der Waals surface area contributed by atoms with E-state index in [1.807, 2.05) is 20.8 Å². The summed E-state index contributed by atoms with van der Waals surface area (Å²) in [5.74, 6) is 1.25. The zero-order valence-corrected chi connectivity index (χ0v) is 17.2. The Bertz CT molecular complexity index is 479. The zero-order chi connectivity index (χ0) is 19.3. The van der Waals surface area contributed by atoms with Crippen LogP contribution in [0.2, 0.25) is 0 Å². The highest BCUT2D eigenvalue weighted by Crippen LogP contribution is 2.24. The molecule has 2 aliphatic rings. The number of likely N-dealkylation sites (tertiary alicyclic amines) is 1. The Hall–Kier alpha value is -1.30. The van der Waals surface area contributed by atoms with Crippen LogP contribution in [0.1, 0.15) is 60.3 Å². The molecule has 2 aliphatic heterocycles. The van der Waals surface area contributed by atoms with E-state index in [2.05, 4.69) is 24.1 Å². The third kappa shape index (κ3) is 6.45. The SMILES string of the molecule is CC(C)CC1CNCCN1C(=O)CC1CCN(C(=O)OC(C)(C)C)CC1. The third-order valence-electron chi connectivity index (χ3n) is 5.14. The fourth-order valence-corrected chi connectivity index (χ4v) is 3.85. The van der Waals surface area contributed by atoms with Gasteiger partial charge in [0.1, 0.15) is 5.60 Å². The van der Waals surface area contributed by atoms with Crippen molar-refractivity contribution in [2.45, 2.75) is 71.9 Å². The molecule has 0 aliphatic carbocycles. The van der Waals surface area contributed by atoms with Crippen molar-refractivity contribution < 1.29 is 14.3 Å². The molecule has 6 heteroatoms. The van der Waals surface area contributed by atoms with E-state index in [1.165, 1.54) is 0 Å². The van der Waals surface area contributed by atoms with Gasteiger partial charge in [0.15, 0.2) is 0 Å². The maximum absolute atomic E-state index is 12.9. The molecule has 150 valence electrons. The number of carbonyl (C=O) groups is 2. The maximum atomic E-state index is 12.9. The zero-order valence-electron chi connectivity index (χ0n) is 17.2. The van der Waals surface area contributed by atoms with Crippen molar-refractivity contribution in [1.82, 2.24) is 15.1 Å². The van der Waals surface area contributed by atoms with Crippen LogP contribution in [0.25, 0.3) is 0 Å². The highest BCUT2D eigenvalue weighted by atomic mass is 16.6. The van der Waals surface area contributed by atoms with Crippen molar-refractivity contribution in [3.63, 3.8) is 0 Å². The number of piperazine rings is 1. The van der Waals surface area contributed by atoms with Crippen molar-refractivity contribution in [3.05, 3.63) is 0 Å². The maximum Gasteiger partial charge on any atom is 0.410 e. The molecule has 0 spiro atoms. The minimum absolute atomic E-state index is 0.235. The minimum atomic E-state index is -0.461. The van der Waals surface area contributed by atoms with Gasteiger partial charge in [0.05, 0.1) is 0 Å². The summed E-state index contributed by atoms with van der Waals surface area (Å²) in [5.41, 5.74) is -0.461. The van der Waals surface area contributed by atoms with Gasteiger partial charge in [-0.2, -0.15) is 0 Å². The van der Waals surface area contributed by atoms with Crippen LogP contribution in [0.3, 0.4) is 0 Å². The van der Waals surface area contributed by atoms with E-state index in [0.29, 0.717) is 37.4 Å². The monoisotopic (exact) mass is 367 g/mol. The number of carbonyl (C=O) groups excluding carboxylic acids is 2. The van der Waals surface area contributed by atoms with Crippen LogP contribution in [0.15, 0.2) is 0 Å². The summed E-state index contributed by atoms with van der Waals surface area (Å²) in [5, 5.41) is 3.41. The summed E-state index contributed by atoms with van der Waals surface area (Å²) in [6.45, 7) is 14.1. The lowest BCUT2D eigenvalue weighted by atomic mass is 9.92. The summed E-state index contributed by atoms with van der Waals surface area (Å²) in [6, 6.07) is 0.318. The number of rotatable bonds is 4. The molecule has 2 rings (SSSR count). The Kier molecular flexibility index (Phi) is 7.33. The van der Waals surface area contributed by atoms with Gasteiger partial charge >= 0.3 is 6.09 Å². The summed E-state index contributed by atoms with van der Waals surface area (Å²) in [7, 11) is 0. The Balaban J connectivity index is 1.80. The second-order valence-corrected chi connectivity index (χ2v) is 9.19. The Labute approximate surface area is 158 Å². The molecule has 1 N–H and O–H groups in total. The molecule has 2 fully saturated rings. The fourth-order valence-electron chi connectivity index (χ4n) is 3.85. The Morgan fingerprint density at radius 2 is 1.81 bits per heavy atom. The van der Waals surface area contributed by atoms with Gasteiger partial charge in [0.25, 0.3) is 0 Å². The Morgan fingerprint density at radius 3 is 2.38 bits per heavy atom. The van der Waals surface area contributed by atoms with Gasteiger partial charge in [-0.15, -0.1) is 0 Å². The molecule has 26 heavy (non-hydrogen) atoms. The largest absolute Gasteiger partial charge is 0.444 e. The first-order valence-corrected chi connectivity index (χ1v) is 10.1. The Morgan fingerprint density at radius 1 is 1.15 bits per heavy atom. The van der Waals surface area contributed by atoms with Gasteiger partial charge in [0.2, 0.25) is 5.91 Å². The van der Waals surface area contributed by atoms with Crippen LogP contribution in [0.4, 0.5) is 4.79 Å². The lowest BCUT2D eigenvalue weighted by Crippen LogP contribution is -2.54. The van der Waals surface area contributed by atoms with Gasteiger partial charge < -0.3 is 19.9 Å². The summed E-state index contributed by atoms with van der Waals surface area (Å²) < 4.78 is 5.44. The average Bonchev–Trinajstić information content (AvgIpc) is 2.53. The van der Waals surface area contributed by atoms with Gasteiger partial charge in [-0.3, -0.25) is 4.79 Å². The van der Waals surface area contributed by atoms with E-state index in [-0.39, 0.29) is 12.0 Å². The highest BCUT2D eigenvalue weighted by molar-refractivity contribution is 5.77. The van der Waals surface area contributed by atoms with Crippen molar-refractivity contribution in [2.24, 2.45) is 11.8 Å². The van der Waals surface area contributed by atoms with E-state index < -0.39 is 5.60 Å². The van der Waals surface area contributed by atoms with Gasteiger partial charge in [-0.05, 0) is 51.9 Å². The number of piperidine rings is 1. The second-order valence-electron chi connectivity index (χ2n) is 9.19. The van der Waals surface area contributed by atoms with Crippen LogP contribution in [0, 0.1) is 11.8 Å². The van der Waals surface area contributed by atoms with E-state index >= 15 is 0 Å². The first-order valence-electron chi connectivity index (χ1n) is 10.1. The smallest absolute Gasteiger partial charge is 0.410 e. The summed E-state index contributed by atoms with van der Waals surface area (Å²) >= 11 is 0. The molecule has 2 saturated heterocycles. The molecule has 0 aromatic rings. The van der Waals surface area contributed by atoms with Crippen LogP contribution < -0.4 is 5.32 Å². The second kappa shape index (κ2) is 9.07. The summed E-state index contributed by atoms with van der Waals surface area (Å²) in [4.78, 5) is 28.9. The highest BCUT2D eigenvalue weighted by Gasteiger charge is 2.31. The number of amides is 2. The standard InChI is InChI=1S/C20H37N3O3/c1-15(2)12-17-14-21-8-11-23(17)18(24)13-16-6-9-22(10-7-16)19(25)26-20(3,4)5/h15-17,21H,6-14H2,1-5H3. The minimum Gasteiger partial charge on any atom is -0.444 e. The predicted molar refractivity (Wildman–Crippen MR) is 103 cm³/mol. The molecule has 0 saturated carbocycles. The molecule has 2 heterocycles. The van der Waals surface area contributed by atoms with Crippen molar-refractivity contribution in [2.75, 3.05) is 32.7 Å². The number of ether oxygens (including phenoxy) is 1. The first kappa shape index (κ1) is 21.0. The van der Waals surface area contributed by atoms with E-state index in [4.69, 9.17) is 4.74 Å².